The number of ether oxygens (including phenoxy) is 2. The topological polar surface area (TPSA) is 73.5 Å². The van der Waals surface area contributed by atoms with E-state index in [1.54, 1.807) is 14.2 Å². The number of rotatable bonds is 7. The van der Waals surface area contributed by atoms with Crippen LogP contribution < -0.4 is 20.1 Å². The number of benzene rings is 1. The normalized spacial score (nSPS) is 10.7. The lowest BCUT2D eigenvalue weighted by atomic mass is 10.2. The highest BCUT2D eigenvalue weighted by atomic mass is 16.5. The fourth-order valence-corrected chi connectivity index (χ4v) is 2.56. The van der Waals surface area contributed by atoms with Crippen LogP contribution in [-0.2, 0) is 0 Å². The highest BCUT2D eigenvalue weighted by Gasteiger charge is 2.16. The van der Waals surface area contributed by atoms with Crippen LogP contribution in [0.5, 0.6) is 11.5 Å². The third-order valence-electron chi connectivity index (χ3n) is 3.48. The maximum atomic E-state index is 5.90. The van der Waals surface area contributed by atoms with E-state index < -0.39 is 0 Å². The van der Waals surface area contributed by atoms with Crippen LogP contribution in [0.2, 0.25) is 0 Å². The van der Waals surface area contributed by atoms with Gasteiger partial charge in [0.05, 0.1) is 19.7 Å². The summed E-state index contributed by atoms with van der Waals surface area (Å²) in [5, 5.41) is 0.925. The van der Waals surface area contributed by atoms with Crippen molar-refractivity contribution in [3.8, 4) is 11.5 Å². The molecule has 0 saturated heterocycles. The van der Waals surface area contributed by atoms with Crippen molar-refractivity contribution < 1.29 is 9.47 Å². The molecule has 0 aliphatic rings. The van der Waals surface area contributed by atoms with Gasteiger partial charge < -0.3 is 20.1 Å². The molecule has 6 heteroatoms. The lowest BCUT2D eigenvalue weighted by molar-refractivity contribution is 0.356. The summed E-state index contributed by atoms with van der Waals surface area (Å²) in [6.45, 7) is 6.15. The lowest BCUT2D eigenvalue weighted by Gasteiger charge is -2.24. The molecule has 2 rings (SSSR count). The van der Waals surface area contributed by atoms with Crippen molar-refractivity contribution in [2.45, 2.75) is 26.7 Å². The van der Waals surface area contributed by atoms with Crippen LogP contribution in [0, 0.1) is 0 Å². The van der Waals surface area contributed by atoms with Crippen LogP contribution in [0.15, 0.2) is 12.1 Å². The molecule has 1 aromatic heterocycles. The molecule has 1 heterocycles. The van der Waals surface area contributed by atoms with E-state index in [1.165, 1.54) is 0 Å². The fraction of sp³-hybridized carbons (Fsp3) is 0.500. The summed E-state index contributed by atoms with van der Waals surface area (Å²) in [6.07, 6.45) is 2.08. The van der Waals surface area contributed by atoms with E-state index in [0.717, 1.165) is 42.7 Å². The fourth-order valence-electron chi connectivity index (χ4n) is 2.56. The highest BCUT2D eigenvalue weighted by Crippen LogP contribution is 2.35. The van der Waals surface area contributed by atoms with Gasteiger partial charge in [-0.05, 0) is 18.9 Å². The molecule has 0 unspecified atom stereocenters. The van der Waals surface area contributed by atoms with E-state index in [2.05, 4.69) is 28.7 Å². The number of anilines is 2. The van der Waals surface area contributed by atoms with Crippen LogP contribution in [0.25, 0.3) is 10.9 Å². The first-order valence-electron chi connectivity index (χ1n) is 7.58. The van der Waals surface area contributed by atoms with Gasteiger partial charge in [-0.2, -0.15) is 4.98 Å². The molecule has 0 spiro atoms. The first-order chi connectivity index (χ1) is 10.6. The summed E-state index contributed by atoms with van der Waals surface area (Å²) in [5.41, 5.74) is 6.66. The SMILES string of the molecule is CCCN(CCC)c1nc(N)nc2cc(OC)c(OC)cc12. The Hall–Kier alpha value is -2.24. The number of nitrogen functional groups attached to an aromatic ring is 1. The van der Waals surface area contributed by atoms with E-state index in [9.17, 15) is 0 Å². The molecule has 6 nitrogen and oxygen atoms in total. The molecule has 0 aliphatic heterocycles. The van der Waals surface area contributed by atoms with E-state index in [0.29, 0.717) is 11.5 Å². The Labute approximate surface area is 131 Å². The smallest absolute Gasteiger partial charge is 0.222 e. The van der Waals surface area contributed by atoms with Crippen LogP contribution in [0.1, 0.15) is 26.7 Å². The second-order valence-corrected chi connectivity index (χ2v) is 5.12. The molecule has 22 heavy (non-hydrogen) atoms. The quantitative estimate of drug-likeness (QED) is 0.848. The number of aromatic nitrogens is 2. The Morgan fingerprint density at radius 3 is 2.14 bits per heavy atom. The first kappa shape index (κ1) is 16.1. The second kappa shape index (κ2) is 7.15. The van der Waals surface area contributed by atoms with E-state index in [-0.39, 0.29) is 5.95 Å². The number of fused-ring (bicyclic) bond motifs is 1. The van der Waals surface area contributed by atoms with Gasteiger partial charge >= 0.3 is 0 Å². The number of hydrogen-bond acceptors (Lipinski definition) is 6. The molecule has 0 radical (unpaired) electrons. The second-order valence-electron chi connectivity index (χ2n) is 5.12. The van der Waals surface area contributed by atoms with Gasteiger partial charge in [0.1, 0.15) is 5.82 Å². The molecule has 120 valence electrons. The summed E-state index contributed by atoms with van der Waals surface area (Å²) in [7, 11) is 3.23. The molecule has 0 fully saturated rings. The Balaban J connectivity index is 2.66. The Bertz CT molecular complexity index is 640. The Morgan fingerprint density at radius 2 is 1.59 bits per heavy atom. The van der Waals surface area contributed by atoms with Crippen molar-refractivity contribution in [1.82, 2.24) is 9.97 Å². The molecule has 1 aromatic carbocycles. The summed E-state index contributed by atoms with van der Waals surface area (Å²) >= 11 is 0. The zero-order chi connectivity index (χ0) is 16.1. The molecule has 2 N–H and O–H groups in total. The predicted molar refractivity (Wildman–Crippen MR) is 89.8 cm³/mol. The van der Waals surface area contributed by atoms with Gasteiger partial charge in [0.25, 0.3) is 0 Å². The monoisotopic (exact) mass is 304 g/mol. The van der Waals surface area contributed by atoms with Gasteiger partial charge in [-0.3, -0.25) is 0 Å². The third kappa shape index (κ3) is 3.16. The lowest BCUT2D eigenvalue weighted by Crippen LogP contribution is -2.26. The average Bonchev–Trinajstić information content (AvgIpc) is 2.52. The van der Waals surface area contributed by atoms with Crippen molar-refractivity contribution in [3.63, 3.8) is 0 Å². The maximum Gasteiger partial charge on any atom is 0.222 e. The minimum absolute atomic E-state index is 0.270. The van der Waals surface area contributed by atoms with Gasteiger partial charge in [-0.15, -0.1) is 0 Å². The van der Waals surface area contributed by atoms with E-state index in [4.69, 9.17) is 15.2 Å². The summed E-state index contributed by atoms with van der Waals surface area (Å²) in [4.78, 5) is 11.0. The van der Waals surface area contributed by atoms with Crippen molar-refractivity contribution in [2.24, 2.45) is 0 Å². The molecular formula is C16H24N4O2. The first-order valence-corrected chi connectivity index (χ1v) is 7.58. The number of methoxy groups -OCH3 is 2. The van der Waals surface area contributed by atoms with Crippen LogP contribution >= 0.6 is 0 Å². The Morgan fingerprint density at radius 1 is 1.00 bits per heavy atom. The van der Waals surface area contributed by atoms with Crippen molar-refractivity contribution in [2.75, 3.05) is 37.9 Å². The Kier molecular flexibility index (Phi) is 5.25. The van der Waals surface area contributed by atoms with Crippen LogP contribution in [-0.4, -0.2) is 37.3 Å². The predicted octanol–water partition coefficient (Wildman–Crippen LogP) is 2.86. The average molecular weight is 304 g/mol. The standard InChI is InChI=1S/C16H24N4O2/c1-5-7-20(8-6-2)15-11-9-13(21-3)14(22-4)10-12(11)18-16(17)19-15/h9-10H,5-8H2,1-4H3,(H2,17,18,19). The molecule has 0 saturated carbocycles. The van der Waals surface area contributed by atoms with E-state index >= 15 is 0 Å². The molecule has 0 aliphatic carbocycles. The number of hydrogen-bond donors (Lipinski definition) is 1. The van der Waals surface area contributed by atoms with Gasteiger partial charge in [-0.1, -0.05) is 13.8 Å². The minimum atomic E-state index is 0.270. The van der Waals surface area contributed by atoms with Gasteiger partial charge in [0.15, 0.2) is 11.5 Å². The third-order valence-corrected chi connectivity index (χ3v) is 3.48. The zero-order valence-corrected chi connectivity index (χ0v) is 13.7. The molecule has 2 aromatic rings. The van der Waals surface area contributed by atoms with Gasteiger partial charge in [-0.25, -0.2) is 4.98 Å². The van der Waals surface area contributed by atoms with Crippen molar-refractivity contribution in [3.05, 3.63) is 12.1 Å². The van der Waals surface area contributed by atoms with Gasteiger partial charge in [0, 0.05) is 24.5 Å². The van der Waals surface area contributed by atoms with Crippen LogP contribution in [0.4, 0.5) is 11.8 Å². The van der Waals surface area contributed by atoms with Crippen LogP contribution in [0.3, 0.4) is 0 Å². The molecular weight excluding hydrogens is 280 g/mol. The van der Waals surface area contributed by atoms with Crippen molar-refractivity contribution in [1.29, 1.82) is 0 Å². The largest absolute Gasteiger partial charge is 0.493 e. The van der Waals surface area contributed by atoms with Gasteiger partial charge in [0.2, 0.25) is 5.95 Å². The number of nitrogens with two attached hydrogens (primary N) is 1. The minimum Gasteiger partial charge on any atom is -0.493 e. The summed E-state index contributed by atoms with van der Waals surface area (Å²) in [6, 6.07) is 3.76. The molecule has 0 atom stereocenters. The molecule has 0 bridgehead atoms. The maximum absolute atomic E-state index is 5.90. The molecule has 0 amide bonds. The summed E-state index contributed by atoms with van der Waals surface area (Å²) < 4.78 is 10.7. The highest BCUT2D eigenvalue weighted by molar-refractivity contribution is 5.93. The zero-order valence-electron chi connectivity index (χ0n) is 13.7. The number of nitrogens with zero attached hydrogens (tertiary/aromatic N) is 3. The van der Waals surface area contributed by atoms with E-state index in [1.807, 2.05) is 12.1 Å². The summed E-state index contributed by atoms with van der Waals surface area (Å²) in [5.74, 6) is 2.42. The van der Waals surface area contributed by atoms with Crippen molar-refractivity contribution >= 4 is 22.7 Å².